The molecule has 0 aliphatic heterocycles. The van der Waals surface area contributed by atoms with Crippen molar-refractivity contribution >= 4 is 22.0 Å². The van der Waals surface area contributed by atoms with E-state index in [0.29, 0.717) is 10.9 Å². The van der Waals surface area contributed by atoms with E-state index in [4.69, 9.17) is 0 Å². The van der Waals surface area contributed by atoms with Crippen LogP contribution in [0.2, 0.25) is 0 Å². The molecule has 0 bridgehead atoms. The lowest BCUT2D eigenvalue weighted by atomic mass is 10.2. The van der Waals surface area contributed by atoms with Crippen molar-refractivity contribution in [2.45, 2.75) is 12.7 Å². The molecule has 2 rings (SSSR count). The topological polar surface area (TPSA) is 55.2 Å². The van der Waals surface area contributed by atoms with Crippen LogP contribution < -0.4 is 5.32 Å². The molecule has 21 heavy (non-hydrogen) atoms. The number of hydrogen-bond acceptors (Lipinski definition) is 4. The van der Waals surface area contributed by atoms with Gasteiger partial charge in [0.2, 0.25) is 0 Å². The lowest BCUT2D eigenvalue weighted by Crippen LogP contribution is -2.09. The molecule has 0 atom stereocenters. The molecule has 112 valence electrons. The van der Waals surface area contributed by atoms with Crippen LogP contribution in [0.3, 0.4) is 0 Å². The Labute approximate surface area is 120 Å². The second-order valence-corrected chi connectivity index (χ2v) is 5.19. The highest BCUT2D eigenvalue weighted by atomic mass is 32.1. The zero-order valence-corrected chi connectivity index (χ0v) is 11.1. The molecule has 0 aliphatic rings. The van der Waals surface area contributed by atoms with E-state index in [-0.39, 0.29) is 17.2 Å². The first-order valence-electron chi connectivity index (χ1n) is 5.61. The van der Waals surface area contributed by atoms with E-state index in [2.05, 4.69) is 5.32 Å². The Morgan fingerprint density at radius 1 is 1.24 bits per heavy atom. The molecule has 0 saturated carbocycles. The fourth-order valence-electron chi connectivity index (χ4n) is 1.60. The highest BCUT2D eigenvalue weighted by Gasteiger charge is 2.34. The quantitative estimate of drug-likeness (QED) is 0.515. The second kappa shape index (κ2) is 5.68. The van der Waals surface area contributed by atoms with E-state index in [1.807, 2.05) is 0 Å². The number of alkyl halides is 3. The summed E-state index contributed by atoms with van der Waals surface area (Å²) in [5, 5.41) is 13.1. The Balaban J connectivity index is 2.11. The summed E-state index contributed by atoms with van der Waals surface area (Å²) in [5.41, 5.74) is -1.27. The Kier molecular flexibility index (Phi) is 4.12. The number of benzene rings is 1. The number of nitrogens with zero attached hydrogens (tertiary/aromatic N) is 1. The third-order valence-electron chi connectivity index (χ3n) is 2.57. The third-order valence-corrected chi connectivity index (χ3v) is 3.60. The molecule has 1 N–H and O–H groups in total. The van der Waals surface area contributed by atoms with Gasteiger partial charge in [0.25, 0.3) is 0 Å². The van der Waals surface area contributed by atoms with Gasteiger partial charge in [-0.1, -0.05) is 11.3 Å². The summed E-state index contributed by atoms with van der Waals surface area (Å²) in [7, 11) is 0. The number of nitro groups is 1. The Morgan fingerprint density at radius 3 is 2.52 bits per heavy atom. The van der Waals surface area contributed by atoms with Gasteiger partial charge in [-0.05, 0) is 24.3 Å². The maximum Gasteiger partial charge on any atom is 0.419 e. The van der Waals surface area contributed by atoms with Crippen LogP contribution in [-0.2, 0) is 12.7 Å². The van der Waals surface area contributed by atoms with Crippen LogP contribution in [0, 0.1) is 15.9 Å². The molecule has 0 saturated heterocycles. The van der Waals surface area contributed by atoms with Gasteiger partial charge in [0.05, 0.1) is 10.5 Å². The van der Waals surface area contributed by atoms with Gasteiger partial charge in [0.1, 0.15) is 5.82 Å². The zero-order valence-electron chi connectivity index (χ0n) is 10.3. The molecular formula is C12H8F4N2O2S. The van der Waals surface area contributed by atoms with Crippen molar-refractivity contribution in [2.75, 3.05) is 5.32 Å². The normalized spacial score (nSPS) is 11.4. The van der Waals surface area contributed by atoms with Gasteiger partial charge >= 0.3 is 11.2 Å². The molecule has 0 amide bonds. The van der Waals surface area contributed by atoms with Crippen LogP contribution in [0.25, 0.3) is 0 Å². The molecule has 1 heterocycles. The van der Waals surface area contributed by atoms with E-state index < -0.39 is 22.5 Å². The molecule has 2 aromatic rings. The van der Waals surface area contributed by atoms with Gasteiger partial charge in [-0.25, -0.2) is 4.39 Å². The van der Waals surface area contributed by atoms with Crippen LogP contribution in [0.4, 0.5) is 28.3 Å². The first-order valence-corrected chi connectivity index (χ1v) is 6.43. The largest absolute Gasteiger partial charge is 0.419 e. The van der Waals surface area contributed by atoms with Crippen LogP contribution >= 0.6 is 11.3 Å². The Morgan fingerprint density at radius 2 is 1.95 bits per heavy atom. The number of halogens is 4. The summed E-state index contributed by atoms with van der Waals surface area (Å²) in [4.78, 5) is 10.5. The van der Waals surface area contributed by atoms with Crippen LogP contribution in [0.15, 0.2) is 30.3 Å². The average molecular weight is 320 g/mol. The fourth-order valence-corrected chi connectivity index (χ4v) is 2.36. The minimum atomic E-state index is -4.77. The van der Waals surface area contributed by atoms with E-state index in [0.717, 1.165) is 17.4 Å². The minimum Gasteiger partial charge on any atom is -0.380 e. The standard InChI is InChI=1S/C12H8F4N2O2S/c13-10-3-1-7(5-9(10)12(14,15)16)17-6-8-2-4-11(21-8)18(19)20/h1-5,17H,6H2. The Bertz CT molecular complexity index is 670. The van der Waals surface area contributed by atoms with Gasteiger partial charge in [0, 0.05) is 23.2 Å². The van der Waals surface area contributed by atoms with Crippen molar-refractivity contribution in [2.24, 2.45) is 0 Å². The summed E-state index contributed by atoms with van der Waals surface area (Å²) in [6.45, 7) is 0.113. The molecule has 0 spiro atoms. The summed E-state index contributed by atoms with van der Waals surface area (Å²) in [6.07, 6.45) is -4.77. The predicted octanol–water partition coefficient (Wildman–Crippen LogP) is 4.43. The van der Waals surface area contributed by atoms with Gasteiger partial charge in [-0.3, -0.25) is 10.1 Å². The number of rotatable bonds is 4. The first kappa shape index (κ1) is 15.2. The van der Waals surface area contributed by atoms with Crippen molar-refractivity contribution < 1.29 is 22.5 Å². The molecule has 4 nitrogen and oxygen atoms in total. The van der Waals surface area contributed by atoms with Gasteiger partial charge in [-0.2, -0.15) is 13.2 Å². The fraction of sp³-hybridized carbons (Fsp3) is 0.167. The van der Waals surface area contributed by atoms with Gasteiger partial charge in [-0.15, -0.1) is 0 Å². The monoisotopic (exact) mass is 320 g/mol. The van der Waals surface area contributed by atoms with Gasteiger partial charge in [0.15, 0.2) is 0 Å². The number of anilines is 1. The van der Waals surface area contributed by atoms with Crippen molar-refractivity contribution in [1.29, 1.82) is 0 Å². The molecule has 0 fully saturated rings. The smallest absolute Gasteiger partial charge is 0.380 e. The number of thiophene rings is 1. The lowest BCUT2D eigenvalue weighted by Gasteiger charge is -2.11. The van der Waals surface area contributed by atoms with Crippen LogP contribution in [-0.4, -0.2) is 4.92 Å². The third kappa shape index (κ3) is 3.69. The van der Waals surface area contributed by atoms with Crippen LogP contribution in [0.5, 0.6) is 0 Å². The van der Waals surface area contributed by atoms with E-state index in [9.17, 15) is 27.7 Å². The molecule has 1 aromatic heterocycles. The highest BCUT2D eigenvalue weighted by molar-refractivity contribution is 7.15. The molecule has 1 aromatic carbocycles. The van der Waals surface area contributed by atoms with E-state index in [1.165, 1.54) is 18.2 Å². The summed E-state index contributed by atoms with van der Waals surface area (Å²) >= 11 is 0.915. The van der Waals surface area contributed by atoms with E-state index >= 15 is 0 Å². The van der Waals surface area contributed by atoms with Crippen molar-refractivity contribution in [3.63, 3.8) is 0 Å². The minimum absolute atomic E-state index is 0.0538. The number of hydrogen-bond donors (Lipinski definition) is 1. The molecule has 9 heteroatoms. The molecule has 0 aliphatic carbocycles. The van der Waals surface area contributed by atoms with Gasteiger partial charge < -0.3 is 5.32 Å². The van der Waals surface area contributed by atoms with Crippen molar-refractivity contribution in [1.82, 2.24) is 0 Å². The molecule has 0 unspecified atom stereocenters. The summed E-state index contributed by atoms with van der Waals surface area (Å²) < 4.78 is 50.7. The second-order valence-electron chi connectivity index (χ2n) is 4.04. The summed E-state index contributed by atoms with van der Waals surface area (Å²) in [5.74, 6) is -1.35. The van der Waals surface area contributed by atoms with E-state index in [1.54, 1.807) is 0 Å². The maximum atomic E-state index is 13.1. The van der Waals surface area contributed by atoms with Crippen LogP contribution in [0.1, 0.15) is 10.4 Å². The SMILES string of the molecule is O=[N+]([O-])c1ccc(CNc2ccc(F)c(C(F)(F)F)c2)s1. The number of nitrogens with one attached hydrogen (secondary N) is 1. The van der Waals surface area contributed by atoms with Crippen molar-refractivity contribution in [3.8, 4) is 0 Å². The maximum absolute atomic E-state index is 13.1. The Hall–Kier alpha value is -2.16. The highest BCUT2D eigenvalue weighted by Crippen LogP contribution is 2.33. The molecule has 0 radical (unpaired) electrons. The van der Waals surface area contributed by atoms with Crippen molar-refractivity contribution in [3.05, 3.63) is 56.7 Å². The first-order chi connectivity index (χ1) is 9.77. The summed E-state index contributed by atoms with van der Waals surface area (Å²) in [6, 6.07) is 5.38. The predicted molar refractivity (Wildman–Crippen MR) is 69.7 cm³/mol. The average Bonchev–Trinajstić information content (AvgIpc) is 2.85. The lowest BCUT2D eigenvalue weighted by molar-refractivity contribution is -0.380. The zero-order chi connectivity index (χ0) is 15.6. The molecular weight excluding hydrogens is 312 g/mol.